The fourth-order valence-electron chi connectivity index (χ4n) is 2.85. The number of halogens is 2. The van der Waals surface area contributed by atoms with Gasteiger partial charge in [-0.15, -0.1) is 0 Å². The summed E-state index contributed by atoms with van der Waals surface area (Å²) in [6.07, 6.45) is 1.75. The molecule has 1 aliphatic rings. The zero-order valence-corrected chi connectivity index (χ0v) is 13.7. The van der Waals surface area contributed by atoms with Gasteiger partial charge in [0.15, 0.2) is 0 Å². The quantitative estimate of drug-likeness (QED) is 0.911. The van der Waals surface area contributed by atoms with Crippen molar-refractivity contribution in [1.82, 2.24) is 14.9 Å². The molecule has 1 N–H and O–H groups in total. The number of hydrogen-bond acceptors (Lipinski definition) is 5. The summed E-state index contributed by atoms with van der Waals surface area (Å²) in [5.41, 5.74) is 0.659. The molecular weight excluding hydrogens is 312 g/mol. The Labute approximate surface area is 140 Å². The summed E-state index contributed by atoms with van der Waals surface area (Å²) in [7, 11) is 0. The summed E-state index contributed by atoms with van der Waals surface area (Å²) in [6, 6.07) is 5.52. The maximum atomic E-state index is 13.3. The van der Waals surface area contributed by atoms with E-state index >= 15 is 0 Å². The van der Waals surface area contributed by atoms with E-state index in [1.54, 1.807) is 6.20 Å². The van der Waals surface area contributed by atoms with Crippen LogP contribution in [0.2, 0.25) is 0 Å². The van der Waals surface area contributed by atoms with Crippen molar-refractivity contribution in [3.05, 3.63) is 47.7 Å². The van der Waals surface area contributed by atoms with Gasteiger partial charge in [-0.25, -0.2) is 13.8 Å². The molecule has 1 aromatic heterocycles. The second kappa shape index (κ2) is 7.53. The second-order valence-electron chi connectivity index (χ2n) is 5.81. The summed E-state index contributed by atoms with van der Waals surface area (Å²) in [5.74, 6) is 0.472. The molecule has 0 unspecified atom stereocenters. The van der Waals surface area contributed by atoms with Crippen LogP contribution in [0.3, 0.4) is 0 Å². The standard InChI is InChI=1S/C17H21F2N5/c1-2-20-16-3-4-21-17(22-16)24-7-5-23(6-8-24)12-13-9-14(18)11-15(19)10-13/h3-4,9-11H,2,5-8,12H2,1H3,(H,20,21,22). The van der Waals surface area contributed by atoms with Crippen LogP contribution in [0.15, 0.2) is 30.5 Å². The third-order valence-corrected chi connectivity index (χ3v) is 3.98. The van der Waals surface area contributed by atoms with E-state index in [0.29, 0.717) is 18.1 Å². The fraction of sp³-hybridized carbons (Fsp3) is 0.412. The van der Waals surface area contributed by atoms with Gasteiger partial charge in [-0.2, -0.15) is 4.98 Å². The van der Waals surface area contributed by atoms with E-state index in [-0.39, 0.29) is 0 Å². The lowest BCUT2D eigenvalue weighted by Gasteiger charge is -2.34. The molecule has 0 bridgehead atoms. The van der Waals surface area contributed by atoms with Gasteiger partial charge in [0.05, 0.1) is 0 Å². The number of anilines is 2. The third-order valence-electron chi connectivity index (χ3n) is 3.98. The van der Waals surface area contributed by atoms with E-state index in [4.69, 9.17) is 0 Å². The molecule has 0 amide bonds. The van der Waals surface area contributed by atoms with Crippen LogP contribution >= 0.6 is 0 Å². The zero-order chi connectivity index (χ0) is 16.9. The van der Waals surface area contributed by atoms with E-state index in [9.17, 15) is 8.78 Å². The molecule has 2 aromatic rings. The van der Waals surface area contributed by atoms with Gasteiger partial charge in [-0.05, 0) is 30.7 Å². The van der Waals surface area contributed by atoms with Crippen molar-refractivity contribution < 1.29 is 8.78 Å². The Morgan fingerprint density at radius 3 is 2.46 bits per heavy atom. The topological polar surface area (TPSA) is 44.3 Å². The molecular formula is C17H21F2N5. The van der Waals surface area contributed by atoms with Crippen molar-refractivity contribution in [3.8, 4) is 0 Å². The molecule has 2 heterocycles. The first kappa shape index (κ1) is 16.6. The Bertz CT molecular complexity index is 666. The van der Waals surface area contributed by atoms with Gasteiger partial charge >= 0.3 is 0 Å². The first-order valence-corrected chi connectivity index (χ1v) is 8.13. The molecule has 1 saturated heterocycles. The van der Waals surface area contributed by atoms with E-state index in [2.05, 4.69) is 25.1 Å². The average Bonchev–Trinajstić information content (AvgIpc) is 2.55. The van der Waals surface area contributed by atoms with Crippen molar-refractivity contribution in [1.29, 1.82) is 0 Å². The van der Waals surface area contributed by atoms with Gasteiger partial charge in [0.25, 0.3) is 0 Å². The normalized spacial score (nSPS) is 15.5. The minimum atomic E-state index is -0.530. The van der Waals surface area contributed by atoms with Gasteiger partial charge in [0.1, 0.15) is 17.5 Å². The van der Waals surface area contributed by atoms with E-state index in [1.807, 2.05) is 13.0 Å². The summed E-state index contributed by atoms with van der Waals surface area (Å²) in [6.45, 7) is 6.55. The van der Waals surface area contributed by atoms with Crippen LogP contribution in [0, 0.1) is 11.6 Å². The molecule has 1 fully saturated rings. The molecule has 1 aromatic carbocycles. The SMILES string of the molecule is CCNc1ccnc(N2CCN(Cc3cc(F)cc(F)c3)CC2)n1. The summed E-state index contributed by atoms with van der Waals surface area (Å²) in [5, 5.41) is 3.18. The molecule has 0 atom stereocenters. The van der Waals surface area contributed by atoms with E-state index in [1.165, 1.54) is 12.1 Å². The van der Waals surface area contributed by atoms with Crippen LogP contribution < -0.4 is 10.2 Å². The maximum absolute atomic E-state index is 13.3. The highest BCUT2D eigenvalue weighted by atomic mass is 19.1. The van der Waals surface area contributed by atoms with E-state index in [0.717, 1.165) is 44.6 Å². The molecule has 0 saturated carbocycles. The minimum Gasteiger partial charge on any atom is -0.370 e. The first-order valence-electron chi connectivity index (χ1n) is 8.13. The summed E-state index contributed by atoms with van der Waals surface area (Å²) < 4.78 is 26.6. The number of aromatic nitrogens is 2. The Balaban J connectivity index is 1.58. The number of nitrogens with one attached hydrogen (secondary N) is 1. The number of piperazine rings is 1. The number of rotatable bonds is 5. The highest BCUT2D eigenvalue weighted by Gasteiger charge is 2.19. The highest BCUT2D eigenvalue weighted by Crippen LogP contribution is 2.16. The van der Waals surface area contributed by atoms with Crippen LogP contribution in [0.1, 0.15) is 12.5 Å². The first-order chi connectivity index (χ1) is 11.6. The van der Waals surface area contributed by atoms with E-state index < -0.39 is 11.6 Å². The van der Waals surface area contributed by atoms with Crippen molar-refractivity contribution in [2.24, 2.45) is 0 Å². The van der Waals surface area contributed by atoms with Gasteiger partial charge < -0.3 is 10.2 Å². The van der Waals surface area contributed by atoms with Crippen molar-refractivity contribution in [2.75, 3.05) is 42.9 Å². The second-order valence-corrected chi connectivity index (χ2v) is 5.81. The molecule has 1 aliphatic heterocycles. The number of nitrogens with zero attached hydrogens (tertiary/aromatic N) is 4. The fourth-order valence-corrected chi connectivity index (χ4v) is 2.85. The molecule has 24 heavy (non-hydrogen) atoms. The van der Waals surface area contributed by atoms with Crippen LogP contribution in [-0.4, -0.2) is 47.6 Å². The third kappa shape index (κ3) is 4.17. The van der Waals surface area contributed by atoms with Gasteiger partial charge in [0.2, 0.25) is 5.95 Å². The van der Waals surface area contributed by atoms with Gasteiger partial charge in [-0.1, -0.05) is 0 Å². The van der Waals surface area contributed by atoms with Crippen molar-refractivity contribution >= 4 is 11.8 Å². The summed E-state index contributed by atoms with van der Waals surface area (Å²) in [4.78, 5) is 13.1. The number of hydrogen-bond donors (Lipinski definition) is 1. The van der Waals surface area contributed by atoms with Crippen LogP contribution in [0.4, 0.5) is 20.5 Å². The Morgan fingerprint density at radius 2 is 1.79 bits per heavy atom. The predicted molar refractivity (Wildman–Crippen MR) is 90.0 cm³/mol. The lowest BCUT2D eigenvalue weighted by atomic mass is 10.2. The monoisotopic (exact) mass is 333 g/mol. The van der Waals surface area contributed by atoms with Crippen LogP contribution in [0.25, 0.3) is 0 Å². The molecule has 3 rings (SSSR count). The molecule has 128 valence electrons. The van der Waals surface area contributed by atoms with Crippen molar-refractivity contribution in [2.45, 2.75) is 13.5 Å². The summed E-state index contributed by atoms with van der Waals surface area (Å²) >= 11 is 0. The van der Waals surface area contributed by atoms with Gasteiger partial charge in [-0.3, -0.25) is 4.90 Å². The zero-order valence-electron chi connectivity index (χ0n) is 13.7. The predicted octanol–water partition coefficient (Wildman–Crippen LogP) is 2.51. The maximum Gasteiger partial charge on any atom is 0.227 e. The van der Waals surface area contributed by atoms with Gasteiger partial charge in [0, 0.05) is 51.5 Å². The Hall–Kier alpha value is -2.28. The van der Waals surface area contributed by atoms with Crippen LogP contribution in [-0.2, 0) is 6.54 Å². The van der Waals surface area contributed by atoms with Crippen LogP contribution in [0.5, 0.6) is 0 Å². The Kier molecular flexibility index (Phi) is 5.20. The molecule has 7 heteroatoms. The lowest BCUT2D eigenvalue weighted by Crippen LogP contribution is -2.46. The lowest BCUT2D eigenvalue weighted by molar-refractivity contribution is 0.248. The molecule has 0 aliphatic carbocycles. The molecule has 0 radical (unpaired) electrons. The molecule has 5 nitrogen and oxygen atoms in total. The largest absolute Gasteiger partial charge is 0.370 e. The minimum absolute atomic E-state index is 0.530. The van der Waals surface area contributed by atoms with Crippen molar-refractivity contribution in [3.63, 3.8) is 0 Å². The highest BCUT2D eigenvalue weighted by molar-refractivity contribution is 5.41. The number of benzene rings is 1. The smallest absolute Gasteiger partial charge is 0.227 e. The Morgan fingerprint density at radius 1 is 1.08 bits per heavy atom. The average molecular weight is 333 g/mol. The molecule has 0 spiro atoms.